The number of nitrogens with zero attached hydrogens (tertiary/aromatic N) is 2. The summed E-state index contributed by atoms with van der Waals surface area (Å²) in [5, 5.41) is 17.6. The highest BCUT2D eigenvalue weighted by Crippen LogP contribution is 2.18. The summed E-state index contributed by atoms with van der Waals surface area (Å²) in [7, 11) is 0. The predicted molar refractivity (Wildman–Crippen MR) is 103 cm³/mol. The summed E-state index contributed by atoms with van der Waals surface area (Å²) in [5.74, 6) is -0.132. The van der Waals surface area contributed by atoms with Crippen LogP contribution in [-0.2, 0) is 6.54 Å². The number of thiazole rings is 1. The zero-order chi connectivity index (χ0) is 17.9. The highest BCUT2D eigenvalue weighted by Gasteiger charge is 2.29. The zero-order valence-corrected chi connectivity index (χ0v) is 15.2. The van der Waals surface area contributed by atoms with Crippen molar-refractivity contribution in [2.45, 2.75) is 25.1 Å². The molecule has 0 bridgehead atoms. The van der Waals surface area contributed by atoms with E-state index in [0.717, 1.165) is 36.0 Å². The van der Waals surface area contributed by atoms with E-state index < -0.39 is 6.10 Å². The Kier molecular flexibility index (Phi) is 4.97. The maximum absolute atomic E-state index is 12.6. The summed E-state index contributed by atoms with van der Waals surface area (Å²) < 4.78 is 0. The number of aromatic nitrogens is 1. The molecule has 2 aromatic carbocycles. The molecule has 26 heavy (non-hydrogen) atoms. The molecule has 1 saturated heterocycles. The van der Waals surface area contributed by atoms with Gasteiger partial charge in [0.25, 0.3) is 5.91 Å². The molecule has 5 nitrogen and oxygen atoms in total. The second-order valence-electron chi connectivity index (χ2n) is 6.71. The number of aliphatic hydroxyl groups is 1. The van der Waals surface area contributed by atoms with Crippen LogP contribution in [0.2, 0.25) is 0 Å². The van der Waals surface area contributed by atoms with Crippen molar-refractivity contribution < 1.29 is 9.90 Å². The lowest BCUT2D eigenvalue weighted by Gasteiger charge is -2.35. The molecule has 3 aromatic rings. The molecular weight excluding hydrogens is 346 g/mol. The fourth-order valence-electron chi connectivity index (χ4n) is 3.44. The average molecular weight is 367 g/mol. The average Bonchev–Trinajstić information content (AvgIpc) is 3.16. The number of aliphatic hydroxyl groups excluding tert-OH is 1. The van der Waals surface area contributed by atoms with E-state index in [1.54, 1.807) is 11.3 Å². The quantitative estimate of drug-likeness (QED) is 0.744. The molecule has 1 aliphatic heterocycles. The number of benzene rings is 2. The number of hydrogen-bond donors (Lipinski definition) is 2. The van der Waals surface area contributed by atoms with Crippen molar-refractivity contribution in [1.29, 1.82) is 0 Å². The summed E-state index contributed by atoms with van der Waals surface area (Å²) in [6.45, 7) is 2.11. The summed E-state index contributed by atoms with van der Waals surface area (Å²) >= 11 is 1.58. The van der Waals surface area contributed by atoms with E-state index in [1.807, 2.05) is 53.4 Å². The molecular formula is C20H21N3O2S. The SMILES string of the molecule is O=C(NC1CCN(Cc2cscn2)CC1O)c1ccc2ccccc2c1. The van der Waals surface area contributed by atoms with E-state index in [4.69, 9.17) is 0 Å². The van der Waals surface area contributed by atoms with Crippen molar-refractivity contribution in [1.82, 2.24) is 15.2 Å². The van der Waals surface area contributed by atoms with Gasteiger partial charge in [0.05, 0.1) is 23.4 Å². The number of carbonyl (C=O) groups excluding carboxylic acids is 1. The molecule has 0 aliphatic carbocycles. The van der Waals surface area contributed by atoms with Crippen molar-refractivity contribution >= 4 is 28.0 Å². The Morgan fingerprint density at radius 3 is 2.88 bits per heavy atom. The van der Waals surface area contributed by atoms with Crippen molar-refractivity contribution in [2.75, 3.05) is 13.1 Å². The van der Waals surface area contributed by atoms with Gasteiger partial charge in [-0.05, 0) is 29.3 Å². The van der Waals surface area contributed by atoms with Gasteiger partial charge >= 0.3 is 0 Å². The number of hydrogen-bond acceptors (Lipinski definition) is 5. The third kappa shape index (κ3) is 3.77. The van der Waals surface area contributed by atoms with Crippen LogP contribution in [0.5, 0.6) is 0 Å². The van der Waals surface area contributed by atoms with Crippen LogP contribution in [0.4, 0.5) is 0 Å². The number of carbonyl (C=O) groups is 1. The van der Waals surface area contributed by atoms with Gasteiger partial charge in [-0.2, -0.15) is 0 Å². The Morgan fingerprint density at radius 2 is 2.12 bits per heavy atom. The first-order chi connectivity index (χ1) is 12.7. The molecule has 1 fully saturated rings. The van der Waals surface area contributed by atoms with Crippen LogP contribution in [0, 0.1) is 0 Å². The van der Waals surface area contributed by atoms with Gasteiger partial charge in [-0.25, -0.2) is 4.98 Å². The second kappa shape index (κ2) is 7.53. The molecule has 2 N–H and O–H groups in total. The normalized spacial score (nSPS) is 21.0. The Bertz CT molecular complexity index is 897. The van der Waals surface area contributed by atoms with Crippen LogP contribution in [0.1, 0.15) is 22.5 Å². The molecule has 2 heterocycles. The first-order valence-electron chi connectivity index (χ1n) is 8.76. The number of fused-ring (bicyclic) bond motifs is 1. The molecule has 2 atom stereocenters. The van der Waals surface area contributed by atoms with Gasteiger partial charge in [-0.15, -0.1) is 11.3 Å². The van der Waals surface area contributed by atoms with E-state index in [0.29, 0.717) is 12.1 Å². The van der Waals surface area contributed by atoms with Crippen LogP contribution >= 0.6 is 11.3 Å². The van der Waals surface area contributed by atoms with Gasteiger partial charge in [0.15, 0.2) is 0 Å². The third-order valence-electron chi connectivity index (χ3n) is 4.86. The number of amides is 1. The maximum atomic E-state index is 12.6. The van der Waals surface area contributed by atoms with E-state index >= 15 is 0 Å². The highest BCUT2D eigenvalue weighted by atomic mass is 32.1. The summed E-state index contributed by atoms with van der Waals surface area (Å²) in [6.07, 6.45) is 0.150. The molecule has 0 radical (unpaired) electrons. The number of β-amino-alcohol motifs (C(OH)–C–C–N with tert-alkyl or cyclic N) is 1. The van der Waals surface area contributed by atoms with Gasteiger partial charge in [-0.1, -0.05) is 30.3 Å². The summed E-state index contributed by atoms with van der Waals surface area (Å²) in [4.78, 5) is 19.1. The van der Waals surface area contributed by atoms with Gasteiger partial charge in [0.1, 0.15) is 0 Å². The lowest BCUT2D eigenvalue weighted by atomic mass is 10.0. The second-order valence-corrected chi connectivity index (χ2v) is 7.43. The van der Waals surface area contributed by atoms with E-state index in [2.05, 4.69) is 15.2 Å². The first-order valence-corrected chi connectivity index (χ1v) is 9.70. The predicted octanol–water partition coefficient (Wildman–Crippen LogP) is 2.66. The molecule has 1 aliphatic rings. The molecule has 1 amide bonds. The van der Waals surface area contributed by atoms with Crippen LogP contribution in [0.25, 0.3) is 10.8 Å². The number of likely N-dealkylation sites (tertiary alicyclic amines) is 1. The lowest BCUT2D eigenvalue weighted by Crippen LogP contribution is -2.53. The van der Waals surface area contributed by atoms with Crippen LogP contribution < -0.4 is 5.32 Å². The van der Waals surface area contributed by atoms with E-state index in [9.17, 15) is 9.90 Å². The van der Waals surface area contributed by atoms with Gasteiger partial charge in [-0.3, -0.25) is 9.69 Å². The van der Waals surface area contributed by atoms with Gasteiger partial charge < -0.3 is 10.4 Å². The monoisotopic (exact) mass is 367 g/mol. The Labute approximate surface area is 156 Å². The third-order valence-corrected chi connectivity index (χ3v) is 5.50. The number of rotatable bonds is 4. The van der Waals surface area contributed by atoms with Crippen molar-refractivity contribution in [3.05, 3.63) is 64.6 Å². The van der Waals surface area contributed by atoms with E-state index in [-0.39, 0.29) is 11.9 Å². The molecule has 134 valence electrons. The maximum Gasteiger partial charge on any atom is 0.251 e. The first kappa shape index (κ1) is 17.1. The van der Waals surface area contributed by atoms with Gasteiger partial charge in [0, 0.05) is 30.6 Å². The van der Waals surface area contributed by atoms with Crippen LogP contribution in [0.15, 0.2) is 53.4 Å². The standard InChI is InChI=1S/C20H21N3O2S/c24-19-11-23(10-17-12-26-13-21-17)8-7-18(19)22-20(25)16-6-5-14-3-1-2-4-15(14)9-16/h1-6,9,12-13,18-19,24H,7-8,10-11H2,(H,22,25). The fourth-order valence-corrected chi connectivity index (χ4v) is 3.99. The summed E-state index contributed by atoms with van der Waals surface area (Å²) in [6, 6.07) is 13.4. The number of nitrogens with one attached hydrogen (secondary N) is 1. The minimum absolute atomic E-state index is 0.132. The minimum atomic E-state index is -0.577. The lowest BCUT2D eigenvalue weighted by molar-refractivity contribution is 0.0346. The zero-order valence-electron chi connectivity index (χ0n) is 14.3. The topological polar surface area (TPSA) is 65.5 Å². The largest absolute Gasteiger partial charge is 0.390 e. The smallest absolute Gasteiger partial charge is 0.251 e. The molecule has 0 saturated carbocycles. The molecule has 6 heteroatoms. The van der Waals surface area contributed by atoms with Gasteiger partial charge in [0.2, 0.25) is 0 Å². The highest BCUT2D eigenvalue weighted by molar-refractivity contribution is 7.07. The molecule has 0 spiro atoms. The Hall–Kier alpha value is -2.28. The van der Waals surface area contributed by atoms with Crippen LogP contribution in [0.3, 0.4) is 0 Å². The van der Waals surface area contributed by atoms with Crippen molar-refractivity contribution in [3.8, 4) is 0 Å². The fraction of sp³-hybridized carbons (Fsp3) is 0.300. The Balaban J connectivity index is 1.38. The van der Waals surface area contributed by atoms with E-state index in [1.165, 1.54) is 0 Å². The van der Waals surface area contributed by atoms with Crippen LogP contribution in [-0.4, -0.2) is 46.1 Å². The minimum Gasteiger partial charge on any atom is -0.390 e. The molecule has 2 unspecified atom stereocenters. The molecule has 1 aromatic heterocycles. The number of piperidine rings is 1. The Morgan fingerprint density at radius 1 is 1.27 bits per heavy atom. The van der Waals surface area contributed by atoms with Crippen molar-refractivity contribution in [3.63, 3.8) is 0 Å². The molecule has 4 rings (SSSR count). The van der Waals surface area contributed by atoms with Crippen molar-refractivity contribution in [2.24, 2.45) is 0 Å². The summed E-state index contributed by atoms with van der Waals surface area (Å²) in [5.41, 5.74) is 3.48.